The maximum atomic E-state index is 12.2. The highest BCUT2D eigenvalue weighted by molar-refractivity contribution is 5.92. The maximum absolute atomic E-state index is 12.2. The number of hydrogen-bond donors (Lipinski definition) is 0. The van der Waals surface area contributed by atoms with Crippen molar-refractivity contribution in [1.82, 2.24) is 9.78 Å². The maximum Gasteiger partial charge on any atom is 0.227 e. The molecule has 0 radical (unpaired) electrons. The minimum Gasteiger partial charge on any atom is -0.315 e. The quantitative estimate of drug-likeness (QED) is 0.857. The predicted octanol–water partition coefficient (Wildman–Crippen LogP) is 2.63. The van der Waals surface area contributed by atoms with Gasteiger partial charge < -0.3 is 4.90 Å². The molecule has 1 aromatic heterocycles. The van der Waals surface area contributed by atoms with E-state index in [9.17, 15) is 4.79 Å². The molecule has 1 heterocycles. The van der Waals surface area contributed by atoms with Crippen LogP contribution in [0.4, 0.5) is 5.69 Å². The minimum atomic E-state index is 0.124. The number of hydrogen-bond acceptors (Lipinski definition) is 2. The third-order valence-electron chi connectivity index (χ3n) is 3.77. The smallest absolute Gasteiger partial charge is 0.227 e. The summed E-state index contributed by atoms with van der Waals surface area (Å²) in [5.74, 6) is 0.124. The zero-order chi connectivity index (χ0) is 14.7. The third-order valence-corrected chi connectivity index (χ3v) is 3.77. The van der Waals surface area contributed by atoms with Crippen LogP contribution in [-0.2, 0) is 18.3 Å². The van der Waals surface area contributed by atoms with E-state index in [-0.39, 0.29) is 5.91 Å². The van der Waals surface area contributed by atoms with Crippen molar-refractivity contribution in [3.8, 4) is 0 Å². The number of aromatic nitrogens is 2. The van der Waals surface area contributed by atoms with Gasteiger partial charge in [0.05, 0.1) is 5.69 Å². The molecular weight excluding hydrogens is 250 g/mol. The molecule has 4 nitrogen and oxygen atoms in total. The molecule has 0 fully saturated rings. The molecule has 1 aromatic carbocycles. The van der Waals surface area contributed by atoms with Crippen molar-refractivity contribution in [3.63, 3.8) is 0 Å². The molecular formula is C16H21N3O. The van der Waals surface area contributed by atoms with Crippen molar-refractivity contribution in [1.29, 1.82) is 0 Å². The molecule has 0 N–H and O–H groups in total. The molecule has 0 aliphatic carbocycles. The normalized spacial score (nSPS) is 10.6. The zero-order valence-corrected chi connectivity index (χ0v) is 12.6. The number of rotatable bonds is 4. The van der Waals surface area contributed by atoms with Crippen molar-refractivity contribution in [2.75, 3.05) is 11.9 Å². The molecule has 0 bridgehead atoms. The highest BCUT2D eigenvalue weighted by Gasteiger charge is 2.14. The van der Waals surface area contributed by atoms with E-state index >= 15 is 0 Å². The van der Waals surface area contributed by atoms with E-state index in [1.54, 1.807) is 4.90 Å². The summed E-state index contributed by atoms with van der Waals surface area (Å²) in [5.41, 5.74) is 4.26. The van der Waals surface area contributed by atoms with Crippen molar-refractivity contribution >= 4 is 11.6 Å². The second kappa shape index (κ2) is 5.90. The summed E-state index contributed by atoms with van der Waals surface area (Å²) in [4.78, 5) is 14.0. The van der Waals surface area contributed by atoms with Crippen molar-refractivity contribution in [2.45, 2.75) is 26.7 Å². The Balaban J connectivity index is 2.02. The summed E-state index contributed by atoms with van der Waals surface area (Å²) < 4.78 is 1.87. The van der Waals surface area contributed by atoms with Crippen molar-refractivity contribution in [2.24, 2.45) is 7.05 Å². The van der Waals surface area contributed by atoms with E-state index in [2.05, 4.69) is 5.10 Å². The molecule has 0 saturated heterocycles. The van der Waals surface area contributed by atoms with E-state index < -0.39 is 0 Å². The number of carbonyl (C=O) groups is 1. The number of benzene rings is 1. The Morgan fingerprint density at radius 2 is 1.90 bits per heavy atom. The van der Waals surface area contributed by atoms with Gasteiger partial charge in [0, 0.05) is 31.9 Å². The Kier molecular flexibility index (Phi) is 4.23. The van der Waals surface area contributed by atoms with E-state index in [1.807, 2.05) is 63.0 Å². The van der Waals surface area contributed by atoms with Crippen LogP contribution in [-0.4, -0.2) is 22.7 Å². The summed E-state index contributed by atoms with van der Waals surface area (Å²) in [6, 6.07) is 9.71. The minimum absolute atomic E-state index is 0.124. The molecule has 0 unspecified atom stereocenters. The lowest BCUT2D eigenvalue weighted by atomic mass is 10.1. The molecule has 1 amide bonds. The number of carbonyl (C=O) groups excluding carboxylic acids is 1. The molecule has 20 heavy (non-hydrogen) atoms. The summed E-state index contributed by atoms with van der Waals surface area (Å²) in [7, 11) is 3.75. The van der Waals surface area contributed by atoms with Crippen LogP contribution in [0.3, 0.4) is 0 Å². The monoisotopic (exact) mass is 271 g/mol. The number of anilines is 1. The van der Waals surface area contributed by atoms with Crippen LogP contribution >= 0.6 is 0 Å². The van der Waals surface area contributed by atoms with Crippen LogP contribution in [0.1, 0.15) is 23.4 Å². The van der Waals surface area contributed by atoms with Crippen LogP contribution in [0.15, 0.2) is 30.3 Å². The second-order valence-corrected chi connectivity index (χ2v) is 5.06. The Labute approximate surface area is 120 Å². The zero-order valence-electron chi connectivity index (χ0n) is 12.6. The first-order valence-corrected chi connectivity index (χ1v) is 6.81. The van der Waals surface area contributed by atoms with Crippen LogP contribution in [0.5, 0.6) is 0 Å². The fraction of sp³-hybridized carbons (Fsp3) is 0.375. The topological polar surface area (TPSA) is 38.1 Å². The average Bonchev–Trinajstić information content (AvgIpc) is 2.70. The van der Waals surface area contributed by atoms with E-state index in [1.165, 1.54) is 5.56 Å². The summed E-state index contributed by atoms with van der Waals surface area (Å²) >= 11 is 0. The lowest BCUT2D eigenvalue weighted by Gasteiger charge is -2.17. The Bertz CT molecular complexity index is 602. The van der Waals surface area contributed by atoms with E-state index in [0.29, 0.717) is 6.42 Å². The van der Waals surface area contributed by atoms with Gasteiger partial charge in [-0.25, -0.2) is 0 Å². The van der Waals surface area contributed by atoms with E-state index in [4.69, 9.17) is 0 Å². The summed E-state index contributed by atoms with van der Waals surface area (Å²) in [5, 5.41) is 4.38. The van der Waals surface area contributed by atoms with Gasteiger partial charge >= 0.3 is 0 Å². The van der Waals surface area contributed by atoms with E-state index in [0.717, 1.165) is 23.5 Å². The lowest BCUT2D eigenvalue weighted by molar-refractivity contribution is -0.118. The number of nitrogens with zero attached hydrogens (tertiary/aromatic N) is 3. The molecule has 2 rings (SSSR count). The third kappa shape index (κ3) is 2.90. The van der Waals surface area contributed by atoms with Gasteiger partial charge in [0.1, 0.15) is 0 Å². The molecule has 4 heteroatoms. The number of amides is 1. The predicted molar refractivity (Wildman–Crippen MR) is 80.9 cm³/mol. The number of para-hydroxylation sites is 1. The summed E-state index contributed by atoms with van der Waals surface area (Å²) in [6.07, 6.45) is 1.24. The molecule has 0 saturated carbocycles. The molecule has 0 spiro atoms. The fourth-order valence-corrected chi connectivity index (χ4v) is 2.37. The fourth-order valence-electron chi connectivity index (χ4n) is 2.37. The van der Waals surface area contributed by atoms with Gasteiger partial charge in [-0.2, -0.15) is 5.10 Å². The highest BCUT2D eigenvalue weighted by Crippen LogP contribution is 2.17. The van der Waals surface area contributed by atoms with Gasteiger partial charge in [0.25, 0.3) is 0 Å². The van der Waals surface area contributed by atoms with Crippen molar-refractivity contribution in [3.05, 3.63) is 47.3 Å². The highest BCUT2D eigenvalue weighted by atomic mass is 16.2. The molecule has 2 aromatic rings. The van der Waals surface area contributed by atoms with Crippen LogP contribution in [0.2, 0.25) is 0 Å². The molecule has 0 aliphatic rings. The first-order valence-electron chi connectivity index (χ1n) is 6.81. The van der Waals surface area contributed by atoms with Gasteiger partial charge in [-0.15, -0.1) is 0 Å². The Morgan fingerprint density at radius 3 is 2.45 bits per heavy atom. The number of aryl methyl sites for hydroxylation is 2. The Hall–Kier alpha value is -2.10. The van der Waals surface area contributed by atoms with Gasteiger partial charge in [-0.05, 0) is 38.0 Å². The standard InChI is InChI=1S/C16H21N3O/c1-12-15(13(2)19(4)17-12)10-11-16(20)18(3)14-8-6-5-7-9-14/h5-9H,10-11H2,1-4H3. The van der Waals surface area contributed by atoms with Crippen molar-refractivity contribution < 1.29 is 4.79 Å². The first kappa shape index (κ1) is 14.3. The molecule has 0 aliphatic heterocycles. The largest absolute Gasteiger partial charge is 0.315 e. The summed E-state index contributed by atoms with van der Waals surface area (Å²) in [6.45, 7) is 4.04. The SMILES string of the molecule is Cc1nn(C)c(C)c1CCC(=O)N(C)c1ccccc1. The van der Waals surface area contributed by atoms with Gasteiger partial charge in [-0.3, -0.25) is 9.48 Å². The molecule has 106 valence electrons. The Morgan fingerprint density at radius 1 is 1.25 bits per heavy atom. The average molecular weight is 271 g/mol. The lowest BCUT2D eigenvalue weighted by Crippen LogP contribution is -2.26. The van der Waals surface area contributed by atoms with Crippen LogP contribution < -0.4 is 4.90 Å². The first-order chi connectivity index (χ1) is 9.50. The van der Waals surface area contributed by atoms with Gasteiger partial charge in [-0.1, -0.05) is 18.2 Å². The molecule has 0 atom stereocenters. The van der Waals surface area contributed by atoms with Crippen LogP contribution in [0.25, 0.3) is 0 Å². The second-order valence-electron chi connectivity index (χ2n) is 5.06. The van der Waals surface area contributed by atoms with Crippen LogP contribution in [0, 0.1) is 13.8 Å². The van der Waals surface area contributed by atoms with Gasteiger partial charge in [0.15, 0.2) is 0 Å². The van der Waals surface area contributed by atoms with Gasteiger partial charge in [0.2, 0.25) is 5.91 Å².